The first-order valence-corrected chi connectivity index (χ1v) is 5.93. The van der Waals surface area contributed by atoms with E-state index in [0.29, 0.717) is 12.8 Å². The lowest BCUT2D eigenvalue weighted by atomic mass is 10.00. The molecular weight excluding hydrogens is 216 g/mol. The Kier molecular flexibility index (Phi) is 3.38. The van der Waals surface area contributed by atoms with Gasteiger partial charge in [-0.2, -0.15) is 5.10 Å². The Hall–Kier alpha value is -1.49. The minimum absolute atomic E-state index is 0.0203. The summed E-state index contributed by atoms with van der Waals surface area (Å²) in [7, 11) is 0. The molecule has 0 radical (unpaired) electrons. The maximum absolute atomic E-state index is 12.0. The third-order valence-electron chi connectivity index (χ3n) is 3.00. The van der Waals surface area contributed by atoms with E-state index in [0.717, 1.165) is 5.82 Å². The number of ketones is 1. The first-order chi connectivity index (χ1) is 8.08. The van der Waals surface area contributed by atoms with Crippen molar-refractivity contribution in [3.8, 4) is 0 Å². The molecule has 5 heteroatoms. The Morgan fingerprint density at radius 1 is 1.59 bits per heavy atom. The van der Waals surface area contributed by atoms with Crippen molar-refractivity contribution in [2.75, 3.05) is 0 Å². The second-order valence-electron chi connectivity index (χ2n) is 4.75. The quantitative estimate of drug-likeness (QED) is 0.785. The number of aromatic nitrogens is 3. The minimum Gasteiger partial charge on any atom is -0.324 e. The standard InChI is InChI=1S/C12H18N4O/c1-8(2)16-12(14-7-15-16)6-11(17)9-3-4-10(13)5-9/h3-4,7-10H,5-6,13H2,1-2H3. The first kappa shape index (κ1) is 12.0. The zero-order valence-corrected chi connectivity index (χ0v) is 10.2. The molecule has 1 aliphatic rings. The van der Waals surface area contributed by atoms with Gasteiger partial charge in [0.2, 0.25) is 0 Å². The molecule has 0 aromatic carbocycles. The average Bonchev–Trinajstić information content (AvgIpc) is 2.86. The maximum atomic E-state index is 12.0. The van der Waals surface area contributed by atoms with Gasteiger partial charge in [-0.05, 0) is 20.3 Å². The van der Waals surface area contributed by atoms with Gasteiger partial charge in [0, 0.05) is 18.0 Å². The van der Waals surface area contributed by atoms with Crippen LogP contribution < -0.4 is 5.73 Å². The van der Waals surface area contributed by atoms with Crippen LogP contribution in [0.1, 0.15) is 32.1 Å². The van der Waals surface area contributed by atoms with Gasteiger partial charge >= 0.3 is 0 Å². The van der Waals surface area contributed by atoms with E-state index in [1.54, 1.807) is 4.68 Å². The van der Waals surface area contributed by atoms with E-state index in [1.807, 2.05) is 26.0 Å². The summed E-state index contributed by atoms with van der Waals surface area (Å²) in [6, 6.07) is 0.244. The molecule has 2 rings (SSSR count). The second-order valence-corrected chi connectivity index (χ2v) is 4.75. The van der Waals surface area contributed by atoms with Crippen molar-refractivity contribution in [1.29, 1.82) is 0 Å². The molecule has 2 atom stereocenters. The lowest BCUT2D eigenvalue weighted by Crippen LogP contribution is -2.21. The van der Waals surface area contributed by atoms with Crippen LogP contribution in [-0.2, 0) is 11.2 Å². The Morgan fingerprint density at radius 3 is 2.94 bits per heavy atom. The van der Waals surface area contributed by atoms with Crippen LogP contribution >= 0.6 is 0 Å². The highest BCUT2D eigenvalue weighted by Gasteiger charge is 2.24. The molecule has 0 bridgehead atoms. The Balaban J connectivity index is 2.03. The summed E-state index contributed by atoms with van der Waals surface area (Å²) < 4.78 is 1.79. The Bertz CT molecular complexity index is 435. The van der Waals surface area contributed by atoms with Crippen LogP contribution in [0, 0.1) is 5.92 Å². The predicted octanol–water partition coefficient (Wildman–Crippen LogP) is 0.874. The van der Waals surface area contributed by atoms with Crippen LogP contribution in [0.2, 0.25) is 0 Å². The number of hydrogen-bond donors (Lipinski definition) is 1. The molecule has 92 valence electrons. The number of hydrogen-bond acceptors (Lipinski definition) is 4. The molecule has 0 aliphatic heterocycles. The van der Waals surface area contributed by atoms with Crippen LogP contribution in [0.15, 0.2) is 18.5 Å². The maximum Gasteiger partial charge on any atom is 0.147 e. The van der Waals surface area contributed by atoms with Crippen molar-refractivity contribution in [1.82, 2.24) is 14.8 Å². The molecule has 1 aliphatic carbocycles. The predicted molar refractivity (Wildman–Crippen MR) is 64.3 cm³/mol. The zero-order valence-electron chi connectivity index (χ0n) is 10.2. The molecule has 5 nitrogen and oxygen atoms in total. The molecule has 0 spiro atoms. The number of nitrogens with two attached hydrogens (primary N) is 1. The summed E-state index contributed by atoms with van der Waals surface area (Å²) in [6.07, 6.45) is 6.35. The van der Waals surface area contributed by atoms with Crippen molar-refractivity contribution >= 4 is 5.78 Å². The highest BCUT2D eigenvalue weighted by Crippen LogP contribution is 2.19. The molecule has 17 heavy (non-hydrogen) atoms. The van der Waals surface area contributed by atoms with Crippen LogP contribution in [0.4, 0.5) is 0 Å². The molecule has 2 unspecified atom stereocenters. The van der Waals surface area contributed by atoms with Gasteiger partial charge < -0.3 is 5.73 Å². The fourth-order valence-electron chi connectivity index (χ4n) is 2.08. The number of carbonyl (C=O) groups is 1. The van der Waals surface area contributed by atoms with Crippen LogP contribution in [0.3, 0.4) is 0 Å². The van der Waals surface area contributed by atoms with Gasteiger partial charge in [0.25, 0.3) is 0 Å². The third-order valence-corrected chi connectivity index (χ3v) is 3.00. The van der Waals surface area contributed by atoms with Crippen molar-refractivity contribution in [2.45, 2.75) is 38.8 Å². The molecule has 0 fully saturated rings. The number of carbonyl (C=O) groups excluding carboxylic acids is 1. The van der Waals surface area contributed by atoms with Gasteiger partial charge in [-0.15, -0.1) is 0 Å². The molecule has 1 aromatic heterocycles. The van der Waals surface area contributed by atoms with Gasteiger partial charge in [0.05, 0.1) is 6.42 Å². The van der Waals surface area contributed by atoms with Crippen LogP contribution in [-0.4, -0.2) is 26.6 Å². The van der Waals surface area contributed by atoms with E-state index in [9.17, 15) is 4.79 Å². The summed E-state index contributed by atoms with van der Waals surface area (Å²) in [4.78, 5) is 16.2. The average molecular weight is 234 g/mol. The topological polar surface area (TPSA) is 73.8 Å². The molecule has 0 saturated heterocycles. The summed E-state index contributed by atoms with van der Waals surface area (Å²) in [5, 5.41) is 4.12. The summed E-state index contributed by atoms with van der Waals surface area (Å²) in [5.41, 5.74) is 5.74. The number of Topliss-reactive ketones (excluding diaryl/α,β-unsaturated/α-hetero) is 1. The monoisotopic (exact) mass is 234 g/mol. The largest absolute Gasteiger partial charge is 0.324 e. The smallest absolute Gasteiger partial charge is 0.147 e. The van der Waals surface area contributed by atoms with Gasteiger partial charge in [-0.3, -0.25) is 4.79 Å². The fraction of sp³-hybridized carbons (Fsp3) is 0.583. The second kappa shape index (κ2) is 4.79. The molecule has 2 N–H and O–H groups in total. The SMILES string of the molecule is CC(C)n1ncnc1CC(=O)C1C=CC(N)C1. The van der Waals surface area contributed by atoms with E-state index in [4.69, 9.17) is 5.73 Å². The van der Waals surface area contributed by atoms with E-state index in [1.165, 1.54) is 6.33 Å². The molecule has 1 heterocycles. The van der Waals surface area contributed by atoms with E-state index in [2.05, 4.69) is 10.1 Å². The molecule has 0 amide bonds. The fourth-order valence-corrected chi connectivity index (χ4v) is 2.08. The summed E-state index contributed by atoms with van der Waals surface area (Å²) in [6.45, 7) is 4.04. The number of allylic oxidation sites excluding steroid dienone is 1. The van der Waals surface area contributed by atoms with Gasteiger partial charge in [0.15, 0.2) is 0 Å². The lowest BCUT2D eigenvalue weighted by molar-refractivity contribution is -0.121. The van der Waals surface area contributed by atoms with Crippen molar-refractivity contribution < 1.29 is 4.79 Å². The molecular formula is C12H18N4O. The molecule has 0 saturated carbocycles. The van der Waals surface area contributed by atoms with E-state index >= 15 is 0 Å². The Morgan fingerprint density at radius 2 is 2.35 bits per heavy atom. The van der Waals surface area contributed by atoms with Crippen LogP contribution in [0.25, 0.3) is 0 Å². The summed E-state index contributed by atoms with van der Waals surface area (Å²) in [5.74, 6) is 0.852. The summed E-state index contributed by atoms with van der Waals surface area (Å²) >= 11 is 0. The van der Waals surface area contributed by atoms with E-state index in [-0.39, 0.29) is 23.8 Å². The minimum atomic E-state index is -0.0534. The molecule has 1 aromatic rings. The van der Waals surface area contributed by atoms with Gasteiger partial charge in [-0.1, -0.05) is 12.2 Å². The van der Waals surface area contributed by atoms with Crippen molar-refractivity contribution in [2.24, 2.45) is 11.7 Å². The van der Waals surface area contributed by atoms with Crippen LogP contribution in [0.5, 0.6) is 0 Å². The first-order valence-electron chi connectivity index (χ1n) is 5.93. The van der Waals surface area contributed by atoms with E-state index < -0.39 is 0 Å². The third kappa shape index (κ3) is 2.61. The van der Waals surface area contributed by atoms with Crippen molar-refractivity contribution in [3.63, 3.8) is 0 Å². The van der Waals surface area contributed by atoms with Crippen molar-refractivity contribution in [3.05, 3.63) is 24.3 Å². The van der Waals surface area contributed by atoms with Gasteiger partial charge in [-0.25, -0.2) is 9.67 Å². The highest BCUT2D eigenvalue weighted by molar-refractivity contribution is 5.84. The van der Waals surface area contributed by atoms with Gasteiger partial charge in [0.1, 0.15) is 17.9 Å². The zero-order chi connectivity index (χ0) is 12.4. The highest BCUT2D eigenvalue weighted by atomic mass is 16.1. The number of rotatable bonds is 4. The number of nitrogens with zero attached hydrogens (tertiary/aromatic N) is 3. The lowest BCUT2D eigenvalue weighted by Gasteiger charge is -2.11. The Labute approximate surface area is 101 Å². The normalized spacial score (nSPS) is 23.5.